The van der Waals surface area contributed by atoms with Crippen molar-refractivity contribution in [2.75, 3.05) is 18.5 Å². The number of hydrogen-bond donors (Lipinski definition) is 0. The maximum absolute atomic E-state index is 4.70. The van der Waals surface area contributed by atoms with Gasteiger partial charge in [-0.3, -0.25) is 0 Å². The Morgan fingerprint density at radius 2 is 1.89 bits per heavy atom. The Balaban J connectivity index is 2.23. The molecule has 0 N–H and O–H groups in total. The molecule has 1 aromatic carbocycles. The van der Waals surface area contributed by atoms with Crippen LogP contribution in [0.5, 0.6) is 0 Å². The summed E-state index contributed by atoms with van der Waals surface area (Å²) in [6.45, 7) is 7.85. The monoisotopic (exact) mass is 245 g/mol. The van der Waals surface area contributed by atoms with Gasteiger partial charge in [-0.2, -0.15) is 0 Å². The number of rotatable bonds is 3. The van der Waals surface area contributed by atoms with Gasteiger partial charge >= 0.3 is 0 Å². The lowest BCUT2D eigenvalue weighted by atomic mass is 9.92. The van der Waals surface area contributed by atoms with Gasteiger partial charge in [0.25, 0.3) is 0 Å². The van der Waals surface area contributed by atoms with E-state index in [1.807, 2.05) is 6.07 Å². The quantitative estimate of drug-likeness (QED) is 0.826. The third-order valence-corrected chi connectivity index (χ3v) is 3.30. The molecule has 3 heteroatoms. The summed E-state index contributed by atoms with van der Waals surface area (Å²) in [5.74, 6) is 1.04. The first-order valence-corrected chi connectivity index (χ1v) is 6.51. The third-order valence-electron chi connectivity index (χ3n) is 3.30. The van der Waals surface area contributed by atoms with Gasteiger partial charge in [-0.1, -0.05) is 32.9 Å². The zero-order chi connectivity index (χ0) is 13.3. The van der Waals surface area contributed by atoms with Crippen LogP contribution in [0.25, 0.3) is 11.0 Å². The van der Waals surface area contributed by atoms with Crippen molar-refractivity contribution in [3.63, 3.8) is 0 Å². The minimum Gasteiger partial charge on any atom is -0.345 e. The van der Waals surface area contributed by atoms with E-state index in [-0.39, 0.29) is 0 Å². The molecule has 98 valence electrons. The van der Waals surface area contributed by atoms with Crippen LogP contribution in [0.2, 0.25) is 0 Å². The lowest BCUT2D eigenvalue weighted by Crippen LogP contribution is -2.25. The molecule has 0 atom stereocenters. The van der Waals surface area contributed by atoms with Crippen LogP contribution in [-0.2, 0) is 7.05 Å². The predicted molar refractivity (Wildman–Crippen MR) is 78.1 cm³/mol. The van der Waals surface area contributed by atoms with E-state index in [1.165, 1.54) is 5.52 Å². The van der Waals surface area contributed by atoms with Crippen molar-refractivity contribution in [1.29, 1.82) is 0 Å². The van der Waals surface area contributed by atoms with Crippen molar-refractivity contribution in [1.82, 2.24) is 9.55 Å². The maximum atomic E-state index is 4.70. The van der Waals surface area contributed by atoms with Crippen molar-refractivity contribution >= 4 is 17.0 Å². The average Bonchev–Trinajstić information content (AvgIpc) is 2.64. The second kappa shape index (κ2) is 4.63. The highest BCUT2D eigenvalue weighted by atomic mass is 15.3. The van der Waals surface area contributed by atoms with Crippen molar-refractivity contribution < 1.29 is 0 Å². The summed E-state index contributed by atoms with van der Waals surface area (Å²) in [6, 6.07) is 8.27. The number of nitrogens with zero attached hydrogens (tertiary/aromatic N) is 3. The highest BCUT2D eigenvalue weighted by molar-refractivity contribution is 5.78. The lowest BCUT2D eigenvalue weighted by molar-refractivity contribution is 0.380. The van der Waals surface area contributed by atoms with Crippen LogP contribution >= 0.6 is 0 Å². The molecule has 0 spiro atoms. The van der Waals surface area contributed by atoms with E-state index in [4.69, 9.17) is 4.98 Å². The maximum Gasteiger partial charge on any atom is 0.206 e. The molecule has 1 aromatic heterocycles. The van der Waals surface area contributed by atoms with Crippen LogP contribution in [-0.4, -0.2) is 23.1 Å². The highest BCUT2D eigenvalue weighted by Crippen LogP contribution is 2.23. The Morgan fingerprint density at radius 3 is 2.50 bits per heavy atom. The van der Waals surface area contributed by atoms with Crippen LogP contribution in [0.1, 0.15) is 27.2 Å². The average molecular weight is 245 g/mol. The van der Waals surface area contributed by atoms with Crippen molar-refractivity contribution in [3.8, 4) is 0 Å². The fourth-order valence-electron chi connectivity index (χ4n) is 2.08. The first-order chi connectivity index (χ1) is 8.38. The Bertz CT molecular complexity index is 534. The van der Waals surface area contributed by atoms with Crippen LogP contribution in [0.15, 0.2) is 24.3 Å². The smallest absolute Gasteiger partial charge is 0.206 e. The van der Waals surface area contributed by atoms with E-state index in [0.717, 1.165) is 24.4 Å². The van der Waals surface area contributed by atoms with Gasteiger partial charge in [-0.05, 0) is 24.0 Å². The van der Waals surface area contributed by atoms with E-state index in [0.29, 0.717) is 5.41 Å². The van der Waals surface area contributed by atoms with Crippen LogP contribution < -0.4 is 4.90 Å². The van der Waals surface area contributed by atoms with Gasteiger partial charge in [0.1, 0.15) is 0 Å². The summed E-state index contributed by atoms with van der Waals surface area (Å²) in [4.78, 5) is 6.94. The molecule has 0 aliphatic rings. The van der Waals surface area contributed by atoms with Gasteiger partial charge < -0.3 is 9.47 Å². The fourth-order valence-corrected chi connectivity index (χ4v) is 2.08. The number of hydrogen-bond acceptors (Lipinski definition) is 2. The minimum absolute atomic E-state index is 0.360. The summed E-state index contributed by atoms with van der Waals surface area (Å²) < 4.78 is 2.16. The zero-order valence-corrected chi connectivity index (χ0v) is 12.1. The largest absolute Gasteiger partial charge is 0.345 e. The molecule has 2 aromatic rings. The van der Waals surface area contributed by atoms with Crippen LogP contribution in [0, 0.1) is 5.41 Å². The molecule has 0 saturated carbocycles. The molecule has 0 radical (unpaired) electrons. The predicted octanol–water partition coefficient (Wildman–Crippen LogP) is 3.45. The Hall–Kier alpha value is -1.51. The van der Waals surface area contributed by atoms with E-state index >= 15 is 0 Å². The standard InChI is InChI=1S/C15H23N3/c1-15(2,3)10-11-17(4)14-16-12-8-6-7-9-13(12)18(14)5/h6-9H,10-11H2,1-5H3. The first kappa shape index (κ1) is 12.9. The van der Waals surface area contributed by atoms with Crippen molar-refractivity contribution in [2.24, 2.45) is 12.5 Å². The summed E-state index contributed by atoms with van der Waals surface area (Å²) >= 11 is 0. The molecule has 0 amide bonds. The summed E-state index contributed by atoms with van der Waals surface area (Å²) in [5.41, 5.74) is 2.62. The molecule has 1 heterocycles. The lowest BCUT2D eigenvalue weighted by Gasteiger charge is -2.24. The SMILES string of the molecule is CN(CCC(C)(C)C)c1nc2ccccc2n1C. The van der Waals surface area contributed by atoms with Gasteiger partial charge in [0.2, 0.25) is 5.95 Å². The number of aromatic nitrogens is 2. The fraction of sp³-hybridized carbons (Fsp3) is 0.533. The van der Waals surface area contributed by atoms with Crippen molar-refractivity contribution in [2.45, 2.75) is 27.2 Å². The van der Waals surface area contributed by atoms with Gasteiger partial charge in [0.15, 0.2) is 0 Å². The number of anilines is 1. The molecule has 0 aliphatic carbocycles. The number of fused-ring (bicyclic) bond motifs is 1. The van der Waals surface area contributed by atoms with E-state index in [9.17, 15) is 0 Å². The number of imidazole rings is 1. The molecular weight excluding hydrogens is 222 g/mol. The molecule has 0 aliphatic heterocycles. The van der Waals surface area contributed by atoms with Crippen LogP contribution in [0.3, 0.4) is 0 Å². The minimum atomic E-state index is 0.360. The summed E-state index contributed by atoms with van der Waals surface area (Å²) in [6.07, 6.45) is 1.16. The molecule has 0 saturated heterocycles. The highest BCUT2D eigenvalue weighted by Gasteiger charge is 2.15. The molecule has 0 fully saturated rings. The molecule has 0 bridgehead atoms. The van der Waals surface area contributed by atoms with Gasteiger partial charge in [0.05, 0.1) is 11.0 Å². The molecule has 3 nitrogen and oxygen atoms in total. The number of benzene rings is 1. The van der Waals surface area contributed by atoms with E-state index in [2.05, 4.69) is 62.5 Å². The second-order valence-corrected chi connectivity index (χ2v) is 6.19. The normalized spacial score (nSPS) is 12.1. The molecule has 2 rings (SSSR count). The van der Waals surface area contributed by atoms with Gasteiger partial charge in [-0.15, -0.1) is 0 Å². The van der Waals surface area contributed by atoms with E-state index in [1.54, 1.807) is 0 Å². The Kier molecular flexibility index (Phi) is 3.33. The number of aryl methyl sites for hydroxylation is 1. The van der Waals surface area contributed by atoms with E-state index < -0.39 is 0 Å². The third kappa shape index (κ3) is 2.66. The number of para-hydroxylation sites is 2. The topological polar surface area (TPSA) is 21.1 Å². The van der Waals surface area contributed by atoms with Crippen LogP contribution in [0.4, 0.5) is 5.95 Å². The first-order valence-electron chi connectivity index (χ1n) is 6.51. The summed E-state index contributed by atoms with van der Waals surface area (Å²) in [5, 5.41) is 0. The van der Waals surface area contributed by atoms with Crippen molar-refractivity contribution in [3.05, 3.63) is 24.3 Å². The zero-order valence-electron chi connectivity index (χ0n) is 12.1. The molecule has 0 unspecified atom stereocenters. The second-order valence-electron chi connectivity index (χ2n) is 6.19. The molecule has 18 heavy (non-hydrogen) atoms. The summed E-state index contributed by atoms with van der Waals surface area (Å²) in [7, 11) is 4.20. The van der Waals surface area contributed by atoms with Gasteiger partial charge in [-0.25, -0.2) is 4.98 Å². The molecular formula is C15H23N3. The Labute approximate surface area is 109 Å². The van der Waals surface area contributed by atoms with Gasteiger partial charge in [0, 0.05) is 20.6 Å². The Morgan fingerprint density at radius 1 is 1.22 bits per heavy atom.